The fourth-order valence-corrected chi connectivity index (χ4v) is 7.14. The molecule has 0 N–H and O–H groups in total. The Bertz CT molecular complexity index is 1600. The molecule has 4 aromatic carbocycles. The molecule has 1 spiro atoms. The molecule has 1 saturated carbocycles. The Morgan fingerprint density at radius 1 is 0.632 bits per heavy atom. The van der Waals surface area contributed by atoms with Crippen LogP contribution in [0.1, 0.15) is 54.0 Å². The van der Waals surface area contributed by atoms with E-state index in [9.17, 15) is 19.2 Å². The number of benzene rings is 4. The zero-order valence-corrected chi connectivity index (χ0v) is 20.2. The molecule has 5 heteroatoms. The van der Waals surface area contributed by atoms with Crippen molar-refractivity contribution < 1.29 is 23.9 Å². The summed E-state index contributed by atoms with van der Waals surface area (Å²) >= 11 is 0. The van der Waals surface area contributed by atoms with Gasteiger partial charge in [0.1, 0.15) is 11.2 Å². The average Bonchev–Trinajstić information content (AvgIpc) is 3.41. The number of carbonyl (C=O) groups is 4. The summed E-state index contributed by atoms with van der Waals surface area (Å²) in [6.45, 7) is 0. The van der Waals surface area contributed by atoms with E-state index in [4.69, 9.17) is 4.74 Å². The van der Waals surface area contributed by atoms with Crippen molar-refractivity contribution >= 4 is 23.3 Å². The molecule has 1 aliphatic heterocycles. The fourth-order valence-electron chi connectivity index (χ4n) is 7.14. The topological polar surface area (TPSA) is 77.5 Å². The quantitative estimate of drug-likeness (QED) is 0.157. The summed E-state index contributed by atoms with van der Waals surface area (Å²) in [6.07, 6.45) is 0. The lowest BCUT2D eigenvalue weighted by atomic mass is 9.62. The van der Waals surface area contributed by atoms with Crippen LogP contribution in [-0.4, -0.2) is 23.3 Å². The Balaban J connectivity index is 1.58. The number of rotatable bonds is 3. The number of ketones is 3. The van der Waals surface area contributed by atoms with Gasteiger partial charge in [0.05, 0.1) is 5.92 Å². The van der Waals surface area contributed by atoms with Crippen LogP contribution in [0.4, 0.5) is 0 Å². The van der Waals surface area contributed by atoms with Gasteiger partial charge in [0.25, 0.3) is 0 Å². The van der Waals surface area contributed by atoms with Gasteiger partial charge in [-0.05, 0) is 11.6 Å². The van der Waals surface area contributed by atoms with Gasteiger partial charge >= 0.3 is 5.97 Å². The second-order valence-corrected chi connectivity index (χ2v) is 10.2. The minimum Gasteiger partial charge on any atom is -0.426 e. The third-order valence-electron chi connectivity index (χ3n) is 8.51. The fraction of sp³-hybridized carbons (Fsp3) is 0.152. The molecule has 0 radical (unpaired) electrons. The summed E-state index contributed by atoms with van der Waals surface area (Å²) in [7, 11) is 0. The maximum Gasteiger partial charge on any atom is 0.315 e. The van der Waals surface area contributed by atoms with Crippen LogP contribution in [0, 0.1) is 17.3 Å². The van der Waals surface area contributed by atoms with Crippen LogP contribution in [0.25, 0.3) is 0 Å². The minimum atomic E-state index is -1.67. The van der Waals surface area contributed by atoms with Crippen LogP contribution in [0.5, 0.6) is 5.75 Å². The van der Waals surface area contributed by atoms with Crippen molar-refractivity contribution in [3.8, 4) is 5.75 Å². The summed E-state index contributed by atoms with van der Waals surface area (Å²) in [5, 5.41) is 0. The van der Waals surface area contributed by atoms with E-state index >= 15 is 0 Å². The third-order valence-corrected chi connectivity index (χ3v) is 8.51. The number of carbonyl (C=O) groups excluding carboxylic acids is 4. The number of hydrogen-bond acceptors (Lipinski definition) is 5. The van der Waals surface area contributed by atoms with Crippen molar-refractivity contribution in [2.75, 3.05) is 0 Å². The van der Waals surface area contributed by atoms with Gasteiger partial charge in [0, 0.05) is 40.0 Å². The number of para-hydroxylation sites is 1. The largest absolute Gasteiger partial charge is 0.426 e. The summed E-state index contributed by atoms with van der Waals surface area (Å²) in [4.78, 5) is 57.3. The van der Waals surface area contributed by atoms with E-state index in [1.54, 1.807) is 60.7 Å². The van der Waals surface area contributed by atoms with Gasteiger partial charge in [0.15, 0.2) is 17.3 Å². The monoisotopic (exact) mass is 498 g/mol. The summed E-state index contributed by atoms with van der Waals surface area (Å²) in [6, 6.07) is 31.8. The molecule has 0 bridgehead atoms. The number of fused-ring (bicyclic) bond motifs is 5. The average molecular weight is 499 g/mol. The van der Waals surface area contributed by atoms with Gasteiger partial charge < -0.3 is 4.74 Å². The summed E-state index contributed by atoms with van der Waals surface area (Å²) in [5.74, 6) is -4.92. The highest BCUT2D eigenvalue weighted by Crippen LogP contribution is 2.69. The highest BCUT2D eigenvalue weighted by molar-refractivity contribution is 6.32. The second kappa shape index (κ2) is 8.18. The molecule has 0 amide bonds. The van der Waals surface area contributed by atoms with Gasteiger partial charge in [-0.3, -0.25) is 19.2 Å². The Hall–Kier alpha value is -4.64. The molecule has 4 aromatic rings. The first-order chi connectivity index (χ1) is 18.5. The van der Waals surface area contributed by atoms with Crippen LogP contribution >= 0.6 is 0 Å². The summed E-state index contributed by atoms with van der Waals surface area (Å²) in [5.41, 5.74) is 0.714. The normalized spacial score (nSPS) is 24.5. The smallest absolute Gasteiger partial charge is 0.315 e. The van der Waals surface area contributed by atoms with Crippen LogP contribution in [-0.2, 0) is 4.79 Å². The number of Topliss-reactive ketones (excluding diaryl/α,β-unsaturated/α-hetero) is 3. The lowest BCUT2D eigenvalue weighted by Crippen LogP contribution is -2.44. The predicted octanol–water partition coefficient (Wildman–Crippen LogP) is 5.67. The maximum atomic E-state index is 14.6. The van der Waals surface area contributed by atoms with Gasteiger partial charge in [-0.1, -0.05) is 103 Å². The molecule has 0 saturated heterocycles. The van der Waals surface area contributed by atoms with Crippen molar-refractivity contribution in [1.82, 2.24) is 0 Å². The van der Waals surface area contributed by atoms with Gasteiger partial charge in [-0.2, -0.15) is 0 Å². The summed E-state index contributed by atoms with van der Waals surface area (Å²) < 4.78 is 5.78. The van der Waals surface area contributed by atoms with E-state index in [0.717, 1.165) is 0 Å². The first-order valence-corrected chi connectivity index (χ1v) is 12.7. The molecule has 0 unspecified atom stereocenters. The first kappa shape index (κ1) is 22.5. The number of hydrogen-bond donors (Lipinski definition) is 0. The van der Waals surface area contributed by atoms with Crippen LogP contribution in [0.15, 0.2) is 109 Å². The molecule has 5 nitrogen and oxygen atoms in total. The van der Waals surface area contributed by atoms with E-state index in [1.165, 1.54) is 0 Å². The number of esters is 1. The molecule has 1 fully saturated rings. The maximum absolute atomic E-state index is 14.6. The van der Waals surface area contributed by atoms with Gasteiger partial charge in [-0.25, -0.2) is 0 Å². The molecule has 184 valence electrons. The van der Waals surface area contributed by atoms with Crippen LogP contribution in [0.2, 0.25) is 0 Å². The molecule has 38 heavy (non-hydrogen) atoms. The molecule has 4 atom stereocenters. The Morgan fingerprint density at radius 3 is 1.84 bits per heavy atom. The lowest BCUT2D eigenvalue weighted by Gasteiger charge is -2.37. The van der Waals surface area contributed by atoms with Gasteiger partial charge in [-0.15, -0.1) is 0 Å². The Morgan fingerprint density at radius 2 is 1.18 bits per heavy atom. The van der Waals surface area contributed by atoms with E-state index in [-0.39, 0.29) is 17.3 Å². The molecular weight excluding hydrogens is 476 g/mol. The standard InChI is InChI=1S/C33H22O5/c34-29(20-13-5-2-6-14-20)25-26-28(23-17-9-10-18-24(23)38-32(26)37)33(27(25)19-11-3-1-4-12-19)30(35)21-15-7-8-16-22(21)31(33)36/h1-18,25-28H/t25-,26-,27+,28-/m0/s1. The molecular formula is C33H22O5. The zero-order chi connectivity index (χ0) is 26.0. The Labute approximate surface area is 219 Å². The zero-order valence-electron chi connectivity index (χ0n) is 20.2. The molecule has 2 aliphatic carbocycles. The van der Waals surface area contributed by atoms with E-state index in [2.05, 4.69) is 0 Å². The first-order valence-electron chi connectivity index (χ1n) is 12.7. The van der Waals surface area contributed by atoms with E-state index in [1.807, 2.05) is 48.5 Å². The highest BCUT2D eigenvalue weighted by atomic mass is 16.5. The van der Waals surface area contributed by atoms with Crippen molar-refractivity contribution in [2.24, 2.45) is 17.3 Å². The van der Waals surface area contributed by atoms with Crippen molar-refractivity contribution in [1.29, 1.82) is 0 Å². The predicted molar refractivity (Wildman–Crippen MR) is 139 cm³/mol. The van der Waals surface area contributed by atoms with Crippen molar-refractivity contribution in [3.63, 3.8) is 0 Å². The van der Waals surface area contributed by atoms with Crippen LogP contribution in [0.3, 0.4) is 0 Å². The second-order valence-electron chi connectivity index (χ2n) is 10.2. The lowest BCUT2D eigenvalue weighted by molar-refractivity contribution is -0.141. The third kappa shape index (κ3) is 2.81. The van der Waals surface area contributed by atoms with Crippen molar-refractivity contribution in [2.45, 2.75) is 11.8 Å². The van der Waals surface area contributed by atoms with Crippen molar-refractivity contribution in [3.05, 3.63) is 137 Å². The Kier molecular flexibility index (Phi) is 4.86. The SMILES string of the molecule is O=C(c1ccccc1)[C@H]1[C@@H]2C(=O)Oc3ccccc3[C@@H]2C2(C(=O)c3ccccc3C2=O)[C@@H]1c1ccccc1. The molecule has 0 aromatic heterocycles. The molecule has 7 rings (SSSR count). The number of ether oxygens (including phenoxy) is 1. The van der Waals surface area contributed by atoms with E-state index in [0.29, 0.717) is 33.6 Å². The molecule has 1 heterocycles. The highest BCUT2D eigenvalue weighted by Gasteiger charge is 2.74. The van der Waals surface area contributed by atoms with Crippen LogP contribution < -0.4 is 4.74 Å². The van der Waals surface area contributed by atoms with E-state index < -0.39 is 35.1 Å². The molecule has 3 aliphatic rings. The minimum absolute atomic E-state index is 0.279. The van der Waals surface area contributed by atoms with Gasteiger partial charge in [0.2, 0.25) is 0 Å².